The Bertz CT molecular complexity index is 220. The van der Waals surface area contributed by atoms with Crippen molar-refractivity contribution in [2.24, 2.45) is 11.3 Å². The van der Waals surface area contributed by atoms with E-state index in [0.717, 1.165) is 25.0 Å². The molecule has 0 amide bonds. The first-order chi connectivity index (χ1) is 10.0. The van der Waals surface area contributed by atoms with Crippen molar-refractivity contribution in [2.45, 2.75) is 111 Å². The predicted molar refractivity (Wildman–Crippen MR) is 94.7 cm³/mol. The molecule has 0 aliphatic heterocycles. The van der Waals surface area contributed by atoms with Gasteiger partial charge in [-0.1, -0.05) is 85.5 Å². The maximum atomic E-state index is 9.94. The number of rotatable bonds is 8. The summed E-state index contributed by atoms with van der Waals surface area (Å²) in [4.78, 5) is 9.94. The molecule has 1 rings (SSSR count). The first kappa shape index (κ1) is 20.7. The first-order valence-corrected chi connectivity index (χ1v) is 9.46. The topological polar surface area (TPSA) is 17.1 Å². The third-order valence-corrected chi connectivity index (χ3v) is 4.76. The largest absolute Gasteiger partial charge is 0.303 e. The molecule has 0 bridgehead atoms. The highest BCUT2D eigenvalue weighted by Gasteiger charge is 2.25. The average Bonchev–Trinajstić information content (AvgIpc) is 2.47. The highest BCUT2D eigenvalue weighted by atomic mass is 16.1. The van der Waals surface area contributed by atoms with Crippen LogP contribution in [0.25, 0.3) is 0 Å². The maximum Gasteiger partial charge on any atom is 0.119 e. The van der Waals surface area contributed by atoms with Crippen LogP contribution in [0.1, 0.15) is 111 Å². The highest BCUT2D eigenvalue weighted by molar-refractivity contribution is 5.48. The van der Waals surface area contributed by atoms with Crippen molar-refractivity contribution in [3.05, 3.63) is 0 Å². The molecule has 1 saturated carbocycles. The lowest BCUT2D eigenvalue weighted by molar-refractivity contribution is -0.107. The van der Waals surface area contributed by atoms with Crippen molar-refractivity contribution < 1.29 is 4.79 Å². The van der Waals surface area contributed by atoms with Crippen molar-refractivity contribution >= 4 is 6.29 Å². The molecule has 0 atom stereocenters. The molecule has 0 radical (unpaired) electrons. The zero-order valence-corrected chi connectivity index (χ0v) is 15.3. The molecule has 0 saturated heterocycles. The molecule has 1 nitrogen and oxygen atoms in total. The van der Waals surface area contributed by atoms with E-state index in [1.54, 1.807) is 0 Å². The Morgan fingerprint density at radius 3 is 1.81 bits per heavy atom. The van der Waals surface area contributed by atoms with Gasteiger partial charge in [0.1, 0.15) is 6.29 Å². The molecule has 0 N–H and O–H groups in total. The predicted octanol–water partition coefficient (Wildman–Crippen LogP) is 6.94. The third kappa shape index (κ3) is 13.1. The Morgan fingerprint density at radius 2 is 1.38 bits per heavy atom. The number of hydrogen-bond donors (Lipinski definition) is 0. The van der Waals surface area contributed by atoms with E-state index in [2.05, 4.69) is 27.7 Å². The van der Waals surface area contributed by atoms with Gasteiger partial charge in [-0.25, -0.2) is 0 Å². The number of hydrogen-bond acceptors (Lipinski definition) is 1. The van der Waals surface area contributed by atoms with Crippen molar-refractivity contribution in [3.63, 3.8) is 0 Å². The molecule has 0 heterocycles. The molecule has 126 valence electrons. The Morgan fingerprint density at radius 1 is 0.857 bits per heavy atom. The summed E-state index contributed by atoms with van der Waals surface area (Å²) in [6, 6.07) is 0. The van der Waals surface area contributed by atoms with Crippen LogP contribution in [-0.2, 0) is 4.79 Å². The second kappa shape index (κ2) is 13.3. The van der Waals surface area contributed by atoms with Crippen molar-refractivity contribution in [3.8, 4) is 0 Å². The molecular formula is C20H40O. The number of aldehydes is 1. The molecule has 1 aliphatic carbocycles. The zero-order chi connectivity index (χ0) is 16.0. The van der Waals surface area contributed by atoms with Gasteiger partial charge in [-0.15, -0.1) is 0 Å². The van der Waals surface area contributed by atoms with E-state index in [1.165, 1.54) is 70.6 Å². The fourth-order valence-electron chi connectivity index (χ4n) is 3.15. The van der Waals surface area contributed by atoms with Crippen LogP contribution in [0.2, 0.25) is 0 Å². The van der Waals surface area contributed by atoms with Gasteiger partial charge in [0.2, 0.25) is 0 Å². The maximum absolute atomic E-state index is 9.94. The molecule has 0 aromatic carbocycles. The Hall–Kier alpha value is -0.330. The number of carbonyl (C=O) groups excluding carboxylic acids is 1. The number of carbonyl (C=O) groups is 1. The molecule has 0 spiro atoms. The zero-order valence-electron chi connectivity index (χ0n) is 15.3. The fraction of sp³-hybridized carbons (Fsp3) is 0.950. The molecule has 1 aliphatic rings. The van der Waals surface area contributed by atoms with Crippen LogP contribution >= 0.6 is 0 Å². The van der Waals surface area contributed by atoms with Crippen LogP contribution in [0.5, 0.6) is 0 Å². The molecule has 0 aromatic rings. The summed E-state index contributed by atoms with van der Waals surface area (Å²) >= 11 is 0. The minimum atomic E-state index is 0.570. The van der Waals surface area contributed by atoms with Crippen LogP contribution in [0.3, 0.4) is 0 Å². The first-order valence-electron chi connectivity index (χ1n) is 9.46. The normalized spacial score (nSPS) is 16.2. The Kier molecular flexibility index (Phi) is 13.1. The lowest BCUT2D eigenvalue weighted by Gasteiger charge is -2.33. The SMILES string of the molecule is CC(C)(C)C1CCCCC1.CCCCCCCCCC=O. The van der Waals surface area contributed by atoms with E-state index in [9.17, 15) is 4.79 Å². The van der Waals surface area contributed by atoms with Crippen molar-refractivity contribution in [1.29, 1.82) is 0 Å². The van der Waals surface area contributed by atoms with Gasteiger partial charge >= 0.3 is 0 Å². The van der Waals surface area contributed by atoms with Gasteiger partial charge < -0.3 is 4.79 Å². The minimum Gasteiger partial charge on any atom is -0.303 e. The Labute approximate surface area is 134 Å². The molecule has 1 heteroatoms. The monoisotopic (exact) mass is 296 g/mol. The minimum absolute atomic E-state index is 0.570. The molecule has 0 aromatic heterocycles. The number of unbranched alkanes of at least 4 members (excludes halogenated alkanes) is 7. The van der Waals surface area contributed by atoms with Gasteiger partial charge in [-0.3, -0.25) is 0 Å². The summed E-state index contributed by atoms with van der Waals surface area (Å²) in [5.41, 5.74) is 0.570. The summed E-state index contributed by atoms with van der Waals surface area (Å²) in [5.74, 6) is 1.00. The molecule has 1 fully saturated rings. The molecule has 21 heavy (non-hydrogen) atoms. The van der Waals surface area contributed by atoms with E-state index >= 15 is 0 Å². The van der Waals surface area contributed by atoms with Crippen LogP contribution in [-0.4, -0.2) is 6.29 Å². The van der Waals surface area contributed by atoms with Gasteiger partial charge in [-0.2, -0.15) is 0 Å². The van der Waals surface area contributed by atoms with Crippen molar-refractivity contribution in [1.82, 2.24) is 0 Å². The molecular weight excluding hydrogens is 256 g/mol. The summed E-state index contributed by atoms with van der Waals surface area (Å²) in [6.07, 6.45) is 18.2. The van der Waals surface area contributed by atoms with E-state index in [-0.39, 0.29) is 0 Å². The van der Waals surface area contributed by atoms with Crippen LogP contribution in [0, 0.1) is 11.3 Å². The van der Waals surface area contributed by atoms with Gasteiger partial charge in [0, 0.05) is 6.42 Å². The second-order valence-electron chi connectivity index (χ2n) is 7.78. The van der Waals surface area contributed by atoms with Gasteiger partial charge in [0.05, 0.1) is 0 Å². The third-order valence-electron chi connectivity index (χ3n) is 4.76. The summed E-state index contributed by atoms with van der Waals surface area (Å²) in [5, 5.41) is 0. The van der Waals surface area contributed by atoms with Gasteiger partial charge in [0.15, 0.2) is 0 Å². The summed E-state index contributed by atoms with van der Waals surface area (Å²) < 4.78 is 0. The Balaban J connectivity index is 0.000000382. The van der Waals surface area contributed by atoms with E-state index < -0.39 is 0 Å². The molecule has 0 unspecified atom stereocenters. The van der Waals surface area contributed by atoms with Crippen LogP contribution < -0.4 is 0 Å². The standard InChI is InChI=1S/C10H20O.C10H20/c1-2-3-4-5-6-7-8-9-10-11;1-10(2,3)9-7-5-4-6-8-9/h10H,2-9H2,1H3;9H,4-8H2,1-3H3. The summed E-state index contributed by atoms with van der Waals surface area (Å²) in [6.45, 7) is 9.36. The lowest BCUT2D eigenvalue weighted by Crippen LogP contribution is -2.22. The van der Waals surface area contributed by atoms with Crippen molar-refractivity contribution in [2.75, 3.05) is 0 Å². The van der Waals surface area contributed by atoms with Crippen LogP contribution in [0.15, 0.2) is 0 Å². The highest BCUT2D eigenvalue weighted by Crippen LogP contribution is 2.37. The fourth-order valence-corrected chi connectivity index (χ4v) is 3.15. The second-order valence-corrected chi connectivity index (χ2v) is 7.78. The van der Waals surface area contributed by atoms with Crippen LogP contribution in [0.4, 0.5) is 0 Å². The van der Waals surface area contributed by atoms with E-state index in [0.29, 0.717) is 5.41 Å². The van der Waals surface area contributed by atoms with Gasteiger partial charge in [-0.05, 0) is 30.6 Å². The van der Waals surface area contributed by atoms with E-state index in [4.69, 9.17) is 0 Å². The lowest BCUT2D eigenvalue weighted by atomic mass is 9.72. The smallest absolute Gasteiger partial charge is 0.119 e. The quantitative estimate of drug-likeness (QED) is 0.350. The average molecular weight is 297 g/mol. The summed E-state index contributed by atoms with van der Waals surface area (Å²) in [7, 11) is 0. The van der Waals surface area contributed by atoms with E-state index in [1.807, 2.05) is 0 Å². The van der Waals surface area contributed by atoms with Gasteiger partial charge in [0.25, 0.3) is 0 Å².